The highest BCUT2D eigenvalue weighted by Gasteiger charge is 2.40. The van der Waals surface area contributed by atoms with Gasteiger partial charge >= 0.3 is 17.9 Å². The number of likely N-dealkylation sites (N-methyl/N-ethyl adjacent to an activating group) is 1. The molecule has 0 aliphatic heterocycles. The molecule has 0 rings (SSSR count). The summed E-state index contributed by atoms with van der Waals surface area (Å²) < 4.78 is 5.36. The molecular formula is C16H26NO7+. The number of carbonyl (C=O) groups excluding carboxylic acids is 2. The Kier molecular flexibility index (Phi) is 8.32. The summed E-state index contributed by atoms with van der Waals surface area (Å²) in [6, 6.07) is 0. The van der Waals surface area contributed by atoms with Crippen LogP contribution in [0, 0.1) is 11.8 Å². The summed E-state index contributed by atoms with van der Waals surface area (Å²) in [6.45, 7) is 3.66. The molecule has 0 aliphatic carbocycles. The first-order chi connectivity index (χ1) is 10.8. The number of carbonyl (C=O) groups is 4. The van der Waals surface area contributed by atoms with E-state index in [2.05, 4.69) is 0 Å². The fraction of sp³-hybridized carbons (Fsp3) is 0.625. The van der Waals surface area contributed by atoms with Gasteiger partial charge in [-0.05, 0) is 5.92 Å². The van der Waals surface area contributed by atoms with Crippen LogP contribution in [0.1, 0.15) is 20.3 Å². The first-order valence-corrected chi connectivity index (χ1v) is 7.51. The molecule has 0 saturated carbocycles. The van der Waals surface area contributed by atoms with E-state index in [9.17, 15) is 24.3 Å². The van der Waals surface area contributed by atoms with Crippen molar-refractivity contribution in [2.24, 2.45) is 11.8 Å². The molecule has 0 aromatic heterocycles. The SMILES string of the molecule is CC(C)CC(=O)C(C(=O)O)C(C[N+](C)(C)C)OC(=O)/C=C/C(=O)O. The Hall–Kier alpha value is -2.22. The van der Waals surface area contributed by atoms with Crippen molar-refractivity contribution in [3.8, 4) is 0 Å². The lowest BCUT2D eigenvalue weighted by Crippen LogP contribution is -2.49. The summed E-state index contributed by atoms with van der Waals surface area (Å²) in [5, 5.41) is 17.9. The van der Waals surface area contributed by atoms with Crippen LogP contribution < -0.4 is 0 Å². The minimum atomic E-state index is -1.49. The van der Waals surface area contributed by atoms with E-state index < -0.39 is 35.7 Å². The fourth-order valence-corrected chi connectivity index (χ4v) is 2.11. The Morgan fingerprint density at radius 1 is 1.04 bits per heavy atom. The normalized spacial score (nSPS) is 14.4. The summed E-state index contributed by atoms with van der Waals surface area (Å²) in [6.07, 6.45) is 0.140. The molecule has 0 aromatic carbocycles. The van der Waals surface area contributed by atoms with E-state index >= 15 is 0 Å². The summed E-state index contributed by atoms with van der Waals surface area (Å²) in [5.41, 5.74) is 0. The van der Waals surface area contributed by atoms with Crippen molar-refractivity contribution in [2.75, 3.05) is 27.7 Å². The third-order valence-corrected chi connectivity index (χ3v) is 2.95. The van der Waals surface area contributed by atoms with E-state index in [0.717, 1.165) is 0 Å². The number of Topliss-reactive ketones (excluding diaryl/α,β-unsaturated/α-hetero) is 1. The number of carboxylic acid groups (broad SMARTS) is 2. The maximum atomic E-state index is 12.3. The van der Waals surface area contributed by atoms with Crippen molar-refractivity contribution < 1.29 is 38.6 Å². The molecule has 0 amide bonds. The van der Waals surface area contributed by atoms with Gasteiger partial charge < -0.3 is 19.4 Å². The van der Waals surface area contributed by atoms with E-state index in [1.54, 1.807) is 35.0 Å². The van der Waals surface area contributed by atoms with Crippen molar-refractivity contribution in [1.29, 1.82) is 0 Å². The van der Waals surface area contributed by atoms with Gasteiger partial charge in [-0.3, -0.25) is 9.59 Å². The summed E-state index contributed by atoms with van der Waals surface area (Å²) in [5.74, 6) is -5.75. The maximum absolute atomic E-state index is 12.3. The molecule has 0 radical (unpaired) electrons. The Morgan fingerprint density at radius 3 is 1.96 bits per heavy atom. The first kappa shape index (κ1) is 21.8. The molecule has 0 fully saturated rings. The first-order valence-electron chi connectivity index (χ1n) is 7.51. The average Bonchev–Trinajstić information content (AvgIpc) is 2.32. The Labute approximate surface area is 141 Å². The molecule has 2 atom stereocenters. The fourth-order valence-electron chi connectivity index (χ4n) is 2.11. The Bertz CT molecular complexity index is 517. The van der Waals surface area contributed by atoms with E-state index in [0.29, 0.717) is 12.2 Å². The van der Waals surface area contributed by atoms with E-state index in [1.165, 1.54) is 0 Å². The van der Waals surface area contributed by atoms with Gasteiger partial charge in [0, 0.05) is 18.6 Å². The smallest absolute Gasteiger partial charge is 0.331 e. The van der Waals surface area contributed by atoms with Gasteiger partial charge in [0.25, 0.3) is 0 Å². The van der Waals surface area contributed by atoms with Crippen molar-refractivity contribution >= 4 is 23.7 Å². The lowest BCUT2D eigenvalue weighted by Gasteiger charge is -2.31. The second-order valence-electron chi connectivity index (χ2n) is 7.00. The van der Waals surface area contributed by atoms with Crippen molar-refractivity contribution in [3.63, 3.8) is 0 Å². The van der Waals surface area contributed by atoms with Crippen LogP contribution in [0.5, 0.6) is 0 Å². The number of ketones is 1. The minimum absolute atomic E-state index is 0.0354. The monoisotopic (exact) mass is 344 g/mol. The highest BCUT2D eigenvalue weighted by molar-refractivity contribution is 5.99. The predicted octanol–water partition coefficient (Wildman–Crippen LogP) is 0.561. The number of nitrogens with zero attached hydrogens (tertiary/aromatic N) is 1. The zero-order chi connectivity index (χ0) is 19.1. The molecule has 136 valence electrons. The van der Waals surface area contributed by atoms with Crippen molar-refractivity contribution in [1.82, 2.24) is 0 Å². The van der Waals surface area contributed by atoms with E-state index in [4.69, 9.17) is 9.84 Å². The molecular weight excluding hydrogens is 318 g/mol. The van der Waals surface area contributed by atoms with Crippen LogP contribution in [0.4, 0.5) is 0 Å². The molecule has 0 spiro atoms. The molecule has 0 saturated heterocycles. The molecule has 8 nitrogen and oxygen atoms in total. The van der Waals surface area contributed by atoms with Gasteiger partial charge in [-0.25, -0.2) is 9.59 Å². The molecule has 2 unspecified atom stereocenters. The summed E-state index contributed by atoms with van der Waals surface area (Å²) >= 11 is 0. The number of ether oxygens (including phenoxy) is 1. The standard InChI is InChI=1S/C16H25NO7/c1-10(2)8-11(18)15(16(22)23)12(9-17(3,4)5)24-14(21)7-6-13(19)20/h6-7,10,12,15H,8-9H2,1-5H3,(H-,19,20,22,23)/p+1/b7-6+. The van der Waals surface area contributed by atoms with Gasteiger partial charge in [0.2, 0.25) is 0 Å². The van der Waals surface area contributed by atoms with Crippen LogP contribution in [-0.2, 0) is 23.9 Å². The largest absolute Gasteiger partial charge is 0.481 e. The second-order valence-corrected chi connectivity index (χ2v) is 7.00. The number of hydrogen-bond donors (Lipinski definition) is 2. The second kappa shape index (κ2) is 9.17. The molecule has 0 bridgehead atoms. The van der Waals surface area contributed by atoms with Crippen LogP contribution in [0.2, 0.25) is 0 Å². The number of hydrogen-bond acceptors (Lipinski definition) is 5. The van der Waals surface area contributed by atoms with Gasteiger partial charge in [0.05, 0.1) is 21.1 Å². The van der Waals surface area contributed by atoms with Gasteiger partial charge in [-0.15, -0.1) is 0 Å². The van der Waals surface area contributed by atoms with Gasteiger partial charge in [0.15, 0.2) is 17.8 Å². The molecule has 0 aromatic rings. The summed E-state index contributed by atoms with van der Waals surface area (Å²) in [7, 11) is 5.29. The molecule has 24 heavy (non-hydrogen) atoms. The van der Waals surface area contributed by atoms with E-state index in [1.807, 2.05) is 0 Å². The van der Waals surface area contributed by atoms with Gasteiger partial charge in [-0.2, -0.15) is 0 Å². The lowest BCUT2D eigenvalue weighted by atomic mass is 9.91. The van der Waals surface area contributed by atoms with Crippen LogP contribution in [0.15, 0.2) is 12.2 Å². The third-order valence-electron chi connectivity index (χ3n) is 2.95. The topological polar surface area (TPSA) is 118 Å². The maximum Gasteiger partial charge on any atom is 0.331 e. The van der Waals surface area contributed by atoms with Crippen LogP contribution >= 0.6 is 0 Å². The number of carboxylic acids is 2. The zero-order valence-corrected chi connectivity index (χ0v) is 14.7. The van der Waals surface area contributed by atoms with E-state index in [-0.39, 0.29) is 23.4 Å². The zero-order valence-electron chi connectivity index (χ0n) is 14.7. The van der Waals surface area contributed by atoms with Crippen molar-refractivity contribution in [2.45, 2.75) is 26.4 Å². The molecule has 2 N–H and O–H groups in total. The lowest BCUT2D eigenvalue weighted by molar-refractivity contribution is -0.873. The quantitative estimate of drug-likeness (QED) is 0.257. The number of esters is 1. The predicted molar refractivity (Wildman–Crippen MR) is 85.1 cm³/mol. The van der Waals surface area contributed by atoms with Crippen molar-refractivity contribution in [3.05, 3.63) is 12.2 Å². The van der Waals surface area contributed by atoms with Gasteiger partial charge in [0.1, 0.15) is 6.54 Å². The van der Waals surface area contributed by atoms with Crippen LogP contribution in [0.3, 0.4) is 0 Å². The van der Waals surface area contributed by atoms with Crippen LogP contribution in [-0.4, -0.2) is 72.2 Å². The van der Waals surface area contributed by atoms with Crippen LogP contribution in [0.25, 0.3) is 0 Å². The third kappa shape index (κ3) is 9.04. The minimum Gasteiger partial charge on any atom is -0.481 e. The molecule has 0 heterocycles. The number of quaternary nitrogens is 1. The highest BCUT2D eigenvalue weighted by Crippen LogP contribution is 2.18. The summed E-state index contributed by atoms with van der Waals surface area (Å²) in [4.78, 5) is 46.0. The number of aliphatic carboxylic acids is 2. The number of rotatable bonds is 10. The Balaban J connectivity index is 5.47. The Morgan fingerprint density at radius 2 is 1.58 bits per heavy atom. The average molecular weight is 344 g/mol. The molecule has 0 aliphatic rings. The highest BCUT2D eigenvalue weighted by atomic mass is 16.5. The molecule has 8 heteroatoms. The van der Waals surface area contributed by atoms with Gasteiger partial charge in [-0.1, -0.05) is 13.8 Å².